The molecule has 0 bridgehead atoms. The molecule has 0 spiro atoms. The lowest BCUT2D eigenvalue weighted by atomic mass is 9.97. The third-order valence-electron chi connectivity index (χ3n) is 4.17. The number of amides is 1. The van der Waals surface area contributed by atoms with Crippen LogP contribution in [0.4, 0.5) is 11.8 Å². The number of aromatic nitrogens is 4. The summed E-state index contributed by atoms with van der Waals surface area (Å²) in [7, 11) is 1.60. The Morgan fingerprint density at radius 3 is 2.88 bits per heavy atom. The lowest BCUT2D eigenvalue weighted by molar-refractivity contribution is -0.120. The Bertz CT molecular complexity index is 903. The molecule has 132 valence electrons. The van der Waals surface area contributed by atoms with E-state index in [2.05, 4.69) is 20.4 Å². The van der Waals surface area contributed by atoms with Crippen molar-refractivity contribution in [2.24, 2.45) is 13.0 Å². The van der Waals surface area contributed by atoms with Crippen LogP contribution in [0.2, 0.25) is 0 Å². The molecule has 2 aromatic heterocycles. The second-order valence-corrected chi connectivity index (χ2v) is 6.16. The van der Waals surface area contributed by atoms with E-state index in [0.717, 1.165) is 19.4 Å². The van der Waals surface area contributed by atoms with Gasteiger partial charge in [0.1, 0.15) is 5.82 Å². The Labute approximate surface area is 143 Å². The molecule has 1 saturated heterocycles. The van der Waals surface area contributed by atoms with E-state index in [1.54, 1.807) is 20.0 Å². The Morgan fingerprint density at radius 1 is 1.36 bits per heavy atom. The van der Waals surface area contributed by atoms with Crippen LogP contribution in [0, 0.1) is 12.8 Å². The number of carbonyl (C=O) groups is 1. The highest BCUT2D eigenvalue weighted by Crippen LogP contribution is 2.21. The van der Waals surface area contributed by atoms with Crippen molar-refractivity contribution < 1.29 is 4.79 Å². The van der Waals surface area contributed by atoms with Crippen LogP contribution in [0.25, 0.3) is 0 Å². The first kappa shape index (κ1) is 16.9. The normalized spacial score (nSPS) is 17.4. The minimum Gasteiger partial charge on any atom is -0.354 e. The van der Waals surface area contributed by atoms with Crippen LogP contribution in [-0.4, -0.2) is 38.7 Å². The van der Waals surface area contributed by atoms with E-state index in [9.17, 15) is 14.4 Å². The number of hydrogen-bond donors (Lipinski definition) is 2. The summed E-state index contributed by atoms with van der Waals surface area (Å²) in [6.07, 6.45) is 1.57. The summed E-state index contributed by atoms with van der Waals surface area (Å²) in [6, 6.07) is 4.50. The fourth-order valence-corrected chi connectivity index (χ4v) is 2.91. The lowest BCUT2D eigenvalue weighted by Gasteiger charge is -2.32. The Morgan fingerprint density at radius 2 is 2.16 bits per heavy atom. The first-order valence-electron chi connectivity index (χ1n) is 8.10. The van der Waals surface area contributed by atoms with E-state index >= 15 is 0 Å². The van der Waals surface area contributed by atoms with Gasteiger partial charge in [-0.05, 0) is 25.8 Å². The van der Waals surface area contributed by atoms with Crippen molar-refractivity contribution in [3.05, 3.63) is 44.6 Å². The average molecular weight is 344 g/mol. The molecule has 3 heterocycles. The van der Waals surface area contributed by atoms with Crippen molar-refractivity contribution >= 4 is 17.7 Å². The summed E-state index contributed by atoms with van der Waals surface area (Å²) in [5.74, 6) is 0.385. The number of piperidine rings is 1. The molecule has 1 fully saturated rings. The number of anilines is 2. The van der Waals surface area contributed by atoms with E-state index in [1.165, 1.54) is 16.8 Å². The van der Waals surface area contributed by atoms with E-state index in [4.69, 9.17) is 0 Å². The zero-order chi connectivity index (χ0) is 18.0. The molecule has 25 heavy (non-hydrogen) atoms. The van der Waals surface area contributed by atoms with Gasteiger partial charge in [0, 0.05) is 38.0 Å². The Hall–Kier alpha value is -2.97. The highest BCUT2D eigenvalue weighted by Gasteiger charge is 2.27. The average Bonchev–Trinajstić information content (AvgIpc) is 2.56. The van der Waals surface area contributed by atoms with Crippen LogP contribution in [0.5, 0.6) is 0 Å². The molecule has 2 N–H and O–H groups in total. The monoisotopic (exact) mass is 344 g/mol. The maximum atomic E-state index is 12.5. The second-order valence-electron chi connectivity index (χ2n) is 6.16. The van der Waals surface area contributed by atoms with Crippen LogP contribution >= 0.6 is 0 Å². The maximum Gasteiger partial charge on any atom is 0.266 e. The first-order chi connectivity index (χ1) is 11.9. The van der Waals surface area contributed by atoms with Crippen LogP contribution < -0.4 is 21.3 Å². The van der Waals surface area contributed by atoms with E-state index < -0.39 is 0 Å². The first-order valence-corrected chi connectivity index (χ1v) is 8.10. The molecule has 1 aliphatic heterocycles. The molecule has 3 rings (SSSR count). The Balaban J connectivity index is 1.71. The quantitative estimate of drug-likeness (QED) is 0.812. The van der Waals surface area contributed by atoms with Crippen LogP contribution in [0.15, 0.2) is 27.8 Å². The van der Waals surface area contributed by atoms with Gasteiger partial charge in [0.25, 0.3) is 11.1 Å². The van der Waals surface area contributed by atoms with Crippen molar-refractivity contribution in [2.45, 2.75) is 19.8 Å². The minimum absolute atomic E-state index is 0.160. The van der Waals surface area contributed by atoms with Crippen molar-refractivity contribution in [1.82, 2.24) is 19.7 Å². The zero-order valence-corrected chi connectivity index (χ0v) is 14.2. The number of aryl methyl sites for hydroxylation is 2. The van der Waals surface area contributed by atoms with Crippen LogP contribution in [0.1, 0.15) is 18.5 Å². The molecule has 9 nitrogen and oxygen atoms in total. The summed E-state index contributed by atoms with van der Waals surface area (Å²) < 4.78 is 1.28. The van der Waals surface area contributed by atoms with Crippen molar-refractivity contribution in [3.63, 3.8) is 0 Å². The number of rotatable bonds is 3. The van der Waals surface area contributed by atoms with Crippen molar-refractivity contribution in [2.75, 3.05) is 23.3 Å². The summed E-state index contributed by atoms with van der Waals surface area (Å²) in [5.41, 5.74) is 0.0609. The lowest BCUT2D eigenvalue weighted by Crippen LogP contribution is -2.42. The van der Waals surface area contributed by atoms with Gasteiger partial charge in [-0.25, -0.2) is 9.67 Å². The number of hydrogen-bond acceptors (Lipinski definition) is 6. The molecule has 0 unspecified atom stereocenters. The highest BCUT2D eigenvalue weighted by atomic mass is 16.2. The Kier molecular flexibility index (Phi) is 4.64. The molecule has 1 aliphatic rings. The largest absolute Gasteiger partial charge is 0.354 e. The van der Waals surface area contributed by atoms with Gasteiger partial charge >= 0.3 is 0 Å². The number of H-pyrrole nitrogens is 1. The molecule has 1 atom stereocenters. The SMILES string of the molecule is Cc1cc(=O)[nH]c(NC(=O)[C@@H]2CCCN(c3ccc(=O)n(C)n3)C2)n1. The standard InChI is InChI=1S/C16H20N6O3/c1-10-8-13(23)18-16(17-10)19-15(25)11-4-3-7-22(9-11)12-5-6-14(24)21(2)20-12/h5-6,8,11H,3-4,7,9H2,1-2H3,(H2,17,18,19,23,25)/t11-/m1/s1. The number of nitrogens with one attached hydrogen (secondary N) is 2. The zero-order valence-electron chi connectivity index (χ0n) is 14.2. The predicted molar refractivity (Wildman–Crippen MR) is 92.6 cm³/mol. The van der Waals surface area contributed by atoms with Crippen LogP contribution in [-0.2, 0) is 11.8 Å². The van der Waals surface area contributed by atoms with Gasteiger partial charge in [0.05, 0.1) is 5.92 Å². The summed E-state index contributed by atoms with van der Waals surface area (Å²) in [5, 5.41) is 6.91. The number of nitrogens with zero attached hydrogens (tertiary/aromatic N) is 4. The van der Waals surface area contributed by atoms with Gasteiger partial charge in [-0.15, -0.1) is 0 Å². The van der Waals surface area contributed by atoms with Gasteiger partial charge in [0.2, 0.25) is 11.9 Å². The molecule has 1 amide bonds. The van der Waals surface area contributed by atoms with Gasteiger partial charge in [-0.3, -0.25) is 24.7 Å². The molecular formula is C16H20N6O3. The van der Waals surface area contributed by atoms with Gasteiger partial charge in [-0.1, -0.05) is 0 Å². The fraction of sp³-hybridized carbons (Fsp3) is 0.438. The van der Waals surface area contributed by atoms with Crippen molar-refractivity contribution in [1.29, 1.82) is 0 Å². The topological polar surface area (TPSA) is 113 Å². The van der Waals surface area contributed by atoms with Gasteiger partial charge in [0.15, 0.2) is 0 Å². The second kappa shape index (κ2) is 6.88. The number of aromatic amines is 1. The summed E-state index contributed by atoms with van der Waals surface area (Å²) in [6.45, 7) is 2.96. The molecule has 0 aliphatic carbocycles. The van der Waals surface area contributed by atoms with Gasteiger partial charge in [-0.2, -0.15) is 5.10 Å². The molecule has 0 radical (unpaired) electrons. The van der Waals surface area contributed by atoms with Crippen LogP contribution in [0.3, 0.4) is 0 Å². The molecule has 2 aromatic rings. The van der Waals surface area contributed by atoms with Gasteiger partial charge < -0.3 is 4.90 Å². The van der Waals surface area contributed by atoms with E-state index in [0.29, 0.717) is 18.1 Å². The summed E-state index contributed by atoms with van der Waals surface area (Å²) >= 11 is 0. The highest BCUT2D eigenvalue weighted by molar-refractivity contribution is 5.91. The predicted octanol–water partition coefficient (Wildman–Crippen LogP) is 0.0271. The molecule has 0 saturated carbocycles. The summed E-state index contributed by atoms with van der Waals surface area (Å²) in [4.78, 5) is 44.1. The third kappa shape index (κ3) is 3.93. The molecule has 0 aromatic carbocycles. The van der Waals surface area contributed by atoms with E-state index in [1.807, 2.05) is 4.90 Å². The maximum absolute atomic E-state index is 12.5. The molecule has 9 heteroatoms. The fourth-order valence-electron chi connectivity index (χ4n) is 2.91. The minimum atomic E-state index is -0.303. The van der Waals surface area contributed by atoms with Crippen molar-refractivity contribution in [3.8, 4) is 0 Å². The molecular weight excluding hydrogens is 324 g/mol. The van der Waals surface area contributed by atoms with E-state index in [-0.39, 0.29) is 28.9 Å². The third-order valence-corrected chi connectivity index (χ3v) is 4.17. The smallest absolute Gasteiger partial charge is 0.266 e. The number of carbonyl (C=O) groups excluding carboxylic acids is 1.